The number of hydrogen-bond acceptors (Lipinski definition) is 3. The highest BCUT2D eigenvalue weighted by Gasteiger charge is 2.43. The van der Waals surface area contributed by atoms with Crippen molar-refractivity contribution in [2.75, 3.05) is 20.3 Å². The van der Waals surface area contributed by atoms with Crippen LogP contribution in [0.1, 0.15) is 58.3 Å². The summed E-state index contributed by atoms with van der Waals surface area (Å²) in [5.74, 6) is 0.583. The molecule has 0 bridgehead atoms. The Morgan fingerprint density at radius 1 is 1.33 bits per heavy atom. The molecule has 18 heavy (non-hydrogen) atoms. The topological polar surface area (TPSA) is 44.5 Å². The zero-order valence-corrected chi connectivity index (χ0v) is 12.0. The summed E-state index contributed by atoms with van der Waals surface area (Å²) in [4.78, 5) is 0. The number of methoxy groups -OCH3 is 1. The minimum atomic E-state index is -0.107. The normalized spacial score (nSPS) is 31.2. The van der Waals surface area contributed by atoms with Crippen molar-refractivity contribution in [1.82, 2.24) is 0 Å². The van der Waals surface area contributed by atoms with E-state index in [1.807, 2.05) is 0 Å². The van der Waals surface area contributed by atoms with Crippen molar-refractivity contribution in [3.05, 3.63) is 0 Å². The van der Waals surface area contributed by atoms with Crippen molar-refractivity contribution in [2.24, 2.45) is 11.7 Å². The Balaban J connectivity index is 1.96. The smallest absolute Gasteiger partial charge is 0.0685 e. The number of ether oxygens (including phenoxy) is 2. The van der Waals surface area contributed by atoms with Crippen LogP contribution in [0.15, 0.2) is 0 Å². The van der Waals surface area contributed by atoms with Crippen molar-refractivity contribution in [2.45, 2.75) is 69.4 Å². The maximum Gasteiger partial charge on any atom is 0.0685 e. The van der Waals surface area contributed by atoms with E-state index in [1.165, 1.54) is 32.1 Å². The van der Waals surface area contributed by atoms with Gasteiger partial charge in [0.25, 0.3) is 0 Å². The van der Waals surface area contributed by atoms with E-state index >= 15 is 0 Å². The van der Waals surface area contributed by atoms with Gasteiger partial charge < -0.3 is 15.2 Å². The lowest BCUT2D eigenvalue weighted by Crippen LogP contribution is -2.52. The van der Waals surface area contributed by atoms with Crippen LogP contribution in [0.25, 0.3) is 0 Å². The minimum Gasteiger partial charge on any atom is -0.385 e. The van der Waals surface area contributed by atoms with Crippen LogP contribution < -0.4 is 5.73 Å². The first-order chi connectivity index (χ1) is 8.58. The van der Waals surface area contributed by atoms with E-state index in [4.69, 9.17) is 15.2 Å². The fourth-order valence-corrected chi connectivity index (χ4v) is 3.66. The van der Waals surface area contributed by atoms with E-state index in [1.54, 1.807) is 7.11 Å². The van der Waals surface area contributed by atoms with Gasteiger partial charge in [-0.05, 0) is 44.9 Å². The highest BCUT2D eigenvalue weighted by molar-refractivity contribution is 4.97. The number of rotatable bonds is 4. The third-order valence-electron chi connectivity index (χ3n) is 5.04. The standard InChI is InChI=1S/C15H29NO2/c1-14(16,9-11-17-2)13-6-10-18-15(12-13)7-4-3-5-8-15/h13H,3-12,16H2,1-2H3. The van der Waals surface area contributed by atoms with Crippen LogP contribution in [0.5, 0.6) is 0 Å². The maximum absolute atomic E-state index is 6.53. The summed E-state index contributed by atoms with van der Waals surface area (Å²) in [5, 5.41) is 0. The lowest BCUT2D eigenvalue weighted by atomic mass is 9.69. The van der Waals surface area contributed by atoms with Crippen LogP contribution in [0.2, 0.25) is 0 Å². The maximum atomic E-state index is 6.53. The molecular weight excluding hydrogens is 226 g/mol. The fraction of sp³-hybridized carbons (Fsp3) is 1.00. The predicted octanol–water partition coefficient (Wildman–Crippen LogP) is 2.87. The van der Waals surface area contributed by atoms with Gasteiger partial charge in [-0.15, -0.1) is 0 Å². The first kappa shape index (κ1) is 14.3. The molecule has 3 heteroatoms. The van der Waals surface area contributed by atoms with Gasteiger partial charge in [0.1, 0.15) is 0 Å². The van der Waals surface area contributed by atoms with Crippen LogP contribution in [-0.2, 0) is 9.47 Å². The molecule has 1 aliphatic carbocycles. The Morgan fingerprint density at radius 3 is 2.72 bits per heavy atom. The SMILES string of the molecule is COCCC(C)(N)C1CCOC2(CCCCC2)C1. The molecule has 2 N–H and O–H groups in total. The number of nitrogens with two attached hydrogens (primary N) is 1. The summed E-state index contributed by atoms with van der Waals surface area (Å²) in [5.41, 5.74) is 6.59. The monoisotopic (exact) mass is 255 g/mol. The molecule has 2 fully saturated rings. The highest BCUT2D eigenvalue weighted by atomic mass is 16.5. The van der Waals surface area contributed by atoms with Gasteiger partial charge >= 0.3 is 0 Å². The molecule has 0 aromatic heterocycles. The first-order valence-electron chi connectivity index (χ1n) is 7.50. The third kappa shape index (κ3) is 3.25. The van der Waals surface area contributed by atoms with Gasteiger partial charge in [0.15, 0.2) is 0 Å². The van der Waals surface area contributed by atoms with E-state index in [9.17, 15) is 0 Å². The quantitative estimate of drug-likeness (QED) is 0.840. The Labute approximate surface area is 111 Å². The van der Waals surface area contributed by atoms with Gasteiger partial charge in [0, 0.05) is 25.9 Å². The molecule has 1 saturated heterocycles. The third-order valence-corrected chi connectivity index (χ3v) is 5.04. The molecule has 1 spiro atoms. The van der Waals surface area contributed by atoms with Gasteiger partial charge in [0.2, 0.25) is 0 Å². The molecule has 2 atom stereocenters. The average Bonchev–Trinajstić information content (AvgIpc) is 2.37. The molecule has 2 unspecified atom stereocenters. The number of hydrogen-bond donors (Lipinski definition) is 1. The summed E-state index contributed by atoms with van der Waals surface area (Å²) >= 11 is 0. The fourth-order valence-electron chi connectivity index (χ4n) is 3.66. The molecule has 0 amide bonds. The lowest BCUT2D eigenvalue weighted by Gasteiger charge is -2.48. The zero-order valence-electron chi connectivity index (χ0n) is 12.0. The average molecular weight is 255 g/mol. The summed E-state index contributed by atoms with van der Waals surface area (Å²) in [6.07, 6.45) is 9.72. The van der Waals surface area contributed by atoms with Crippen molar-refractivity contribution >= 4 is 0 Å². The summed E-state index contributed by atoms with van der Waals surface area (Å²) in [6.45, 7) is 3.85. The van der Waals surface area contributed by atoms with Gasteiger partial charge in [-0.1, -0.05) is 19.3 Å². The molecule has 1 heterocycles. The molecule has 2 rings (SSSR count). The largest absolute Gasteiger partial charge is 0.385 e. The van der Waals surface area contributed by atoms with Crippen molar-refractivity contribution in [3.8, 4) is 0 Å². The van der Waals surface area contributed by atoms with Crippen LogP contribution >= 0.6 is 0 Å². The van der Waals surface area contributed by atoms with E-state index in [2.05, 4.69) is 6.92 Å². The Bertz CT molecular complexity index is 254. The molecule has 0 aromatic carbocycles. The van der Waals surface area contributed by atoms with Crippen molar-refractivity contribution in [3.63, 3.8) is 0 Å². The van der Waals surface area contributed by atoms with Gasteiger partial charge in [0.05, 0.1) is 5.60 Å². The molecule has 0 aromatic rings. The Kier molecular flexibility index (Phi) is 4.68. The summed E-state index contributed by atoms with van der Waals surface area (Å²) in [7, 11) is 1.75. The molecule has 106 valence electrons. The molecule has 0 radical (unpaired) electrons. The van der Waals surface area contributed by atoms with Crippen LogP contribution in [-0.4, -0.2) is 31.5 Å². The minimum absolute atomic E-state index is 0.107. The van der Waals surface area contributed by atoms with Crippen molar-refractivity contribution in [1.29, 1.82) is 0 Å². The molecule has 1 saturated carbocycles. The van der Waals surface area contributed by atoms with Crippen LogP contribution in [0.3, 0.4) is 0 Å². The lowest BCUT2D eigenvalue weighted by molar-refractivity contribution is -0.127. The Hall–Kier alpha value is -0.120. The van der Waals surface area contributed by atoms with E-state index in [-0.39, 0.29) is 11.1 Å². The molecule has 1 aliphatic heterocycles. The van der Waals surface area contributed by atoms with E-state index in [0.717, 1.165) is 32.5 Å². The van der Waals surface area contributed by atoms with E-state index in [0.29, 0.717) is 5.92 Å². The summed E-state index contributed by atoms with van der Waals surface area (Å²) in [6, 6.07) is 0. The second-order valence-corrected chi connectivity index (χ2v) is 6.53. The predicted molar refractivity (Wildman–Crippen MR) is 73.6 cm³/mol. The highest BCUT2D eigenvalue weighted by Crippen LogP contribution is 2.43. The first-order valence-corrected chi connectivity index (χ1v) is 7.50. The van der Waals surface area contributed by atoms with Crippen LogP contribution in [0.4, 0.5) is 0 Å². The van der Waals surface area contributed by atoms with E-state index < -0.39 is 0 Å². The Morgan fingerprint density at radius 2 is 2.06 bits per heavy atom. The summed E-state index contributed by atoms with van der Waals surface area (Å²) < 4.78 is 11.3. The van der Waals surface area contributed by atoms with Gasteiger partial charge in [-0.3, -0.25) is 0 Å². The molecule has 2 aliphatic rings. The van der Waals surface area contributed by atoms with Crippen LogP contribution in [0, 0.1) is 5.92 Å². The zero-order chi connectivity index (χ0) is 13.1. The van der Waals surface area contributed by atoms with Gasteiger partial charge in [-0.2, -0.15) is 0 Å². The van der Waals surface area contributed by atoms with Crippen molar-refractivity contribution < 1.29 is 9.47 Å². The second kappa shape index (κ2) is 5.89. The van der Waals surface area contributed by atoms with Gasteiger partial charge in [-0.25, -0.2) is 0 Å². The molecular formula is C15H29NO2. The molecule has 3 nitrogen and oxygen atoms in total. The second-order valence-electron chi connectivity index (χ2n) is 6.53.